The summed E-state index contributed by atoms with van der Waals surface area (Å²) in [5, 5.41) is 12.2. The number of ether oxygens (including phenoxy) is 2. The summed E-state index contributed by atoms with van der Waals surface area (Å²) in [5.74, 6) is -1.50. The highest BCUT2D eigenvalue weighted by Gasteiger charge is 2.35. The first-order chi connectivity index (χ1) is 9.76. The van der Waals surface area contributed by atoms with Gasteiger partial charge in [-0.05, 0) is 25.1 Å². The lowest BCUT2D eigenvalue weighted by atomic mass is 10.0. The average molecular weight is 336 g/mol. The van der Waals surface area contributed by atoms with Crippen LogP contribution in [0.25, 0.3) is 0 Å². The maximum atomic E-state index is 11.8. The predicted octanol–water partition coefficient (Wildman–Crippen LogP) is 1.98. The quantitative estimate of drug-likeness (QED) is 0.795. The molecule has 0 aliphatic carbocycles. The number of methoxy groups -OCH3 is 1. The molecule has 0 aliphatic rings. The van der Waals surface area contributed by atoms with Crippen molar-refractivity contribution in [3.63, 3.8) is 0 Å². The highest BCUT2D eigenvalue weighted by molar-refractivity contribution is 6.34. The van der Waals surface area contributed by atoms with Crippen LogP contribution in [0.4, 0.5) is 0 Å². The fraction of sp³-hybridized carbons (Fsp3) is 0.385. The van der Waals surface area contributed by atoms with E-state index in [1.54, 1.807) is 0 Å². The maximum absolute atomic E-state index is 11.8. The van der Waals surface area contributed by atoms with Crippen molar-refractivity contribution < 1.29 is 24.2 Å². The van der Waals surface area contributed by atoms with E-state index in [0.29, 0.717) is 15.8 Å². The average Bonchev–Trinajstić information content (AvgIpc) is 2.35. The molecule has 0 aromatic heterocycles. The predicted molar refractivity (Wildman–Crippen MR) is 78.0 cm³/mol. The van der Waals surface area contributed by atoms with Crippen molar-refractivity contribution in [1.29, 1.82) is 0 Å². The second-order valence-electron chi connectivity index (χ2n) is 4.51. The topological polar surface area (TPSA) is 84.9 Å². The van der Waals surface area contributed by atoms with Crippen LogP contribution in [0.1, 0.15) is 6.92 Å². The van der Waals surface area contributed by atoms with Crippen molar-refractivity contribution in [2.75, 3.05) is 20.3 Å². The molecule has 0 radical (unpaired) electrons. The number of carbonyl (C=O) groups is 2. The number of halogens is 2. The largest absolute Gasteiger partial charge is 0.484 e. The molecule has 0 bridgehead atoms. The first kappa shape index (κ1) is 17.6. The number of hydrogen-bond donors (Lipinski definition) is 2. The van der Waals surface area contributed by atoms with E-state index in [2.05, 4.69) is 5.32 Å². The molecule has 0 spiro atoms. The van der Waals surface area contributed by atoms with Crippen LogP contribution >= 0.6 is 23.2 Å². The number of rotatable bonds is 7. The molecule has 1 aromatic rings. The van der Waals surface area contributed by atoms with Gasteiger partial charge in [0.15, 0.2) is 12.1 Å². The van der Waals surface area contributed by atoms with E-state index >= 15 is 0 Å². The van der Waals surface area contributed by atoms with Gasteiger partial charge < -0.3 is 19.9 Å². The molecule has 0 fully saturated rings. The Hall–Kier alpha value is -1.50. The Morgan fingerprint density at radius 2 is 1.86 bits per heavy atom. The van der Waals surface area contributed by atoms with E-state index in [1.807, 2.05) is 0 Å². The zero-order chi connectivity index (χ0) is 16.0. The van der Waals surface area contributed by atoms with Crippen LogP contribution in [-0.2, 0) is 14.3 Å². The van der Waals surface area contributed by atoms with E-state index < -0.39 is 17.4 Å². The molecule has 0 saturated heterocycles. The molecule has 1 aromatic carbocycles. The summed E-state index contributed by atoms with van der Waals surface area (Å²) in [6.45, 7) is 0.799. The number of carboxylic acid groups (broad SMARTS) is 1. The Morgan fingerprint density at radius 3 is 2.33 bits per heavy atom. The molecule has 1 rings (SSSR count). The van der Waals surface area contributed by atoms with Gasteiger partial charge in [0.1, 0.15) is 5.75 Å². The van der Waals surface area contributed by atoms with Crippen molar-refractivity contribution in [3.05, 3.63) is 28.2 Å². The number of carbonyl (C=O) groups excluding carboxylic acids is 1. The van der Waals surface area contributed by atoms with Crippen LogP contribution in [-0.4, -0.2) is 42.8 Å². The second-order valence-corrected chi connectivity index (χ2v) is 5.39. The third-order valence-corrected chi connectivity index (χ3v) is 2.96. The van der Waals surface area contributed by atoms with Gasteiger partial charge in [-0.1, -0.05) is 23.2 Å². The van der Waals surface area contributed by atoms with Gasteiger partial charge in [0.2, 0.25) is 0 Å². The van der Waals surface area contributed by atoms with E-state index in [0.717, 1.165) is 0 Å². The fourth-order valence-corrected chi connectivity index (χ4v) is 2.05. The van der Waals surface area contributed by atoms with E-state index in [1.165, 1.54) is 32.2 Å². The number of hydrogen-bond acceptors (Lipinski definition) is 4. The monoisotopic (exact) mass is 335 g/mol. The highest BCUT2D eigenvalue weighted by atomic mass is 35.5. The molecular formula is C13H15Cl2NO5. The van der Waals surface area contributed by atoms with E-state index in [4.69, 9.17) is 37.8 Å². The number of benzene rings is 1. The molecule has 8 heteroatoms. The van der Waals surface area contributed by atoms with E-state index in [9.17, 15) is 9.59 Å². The van der Waals surface area contributed by atoms with Crippen LogP contribution in [0.5, 0.6) is 5.75 Å². The highest BCUT2D eigenvalue weighted by Crippen LogP contribution is 2.24. The number of amides is 1. The van der Waals surface area contributed by atoms with Gasteiger partial charge in [-0.3, -0.25) is 4.79 Å². The Bertz CT molecular complexity index is 517. The standard InChI is InChI=1S/C13H15Cl2NO5/c1-13(7-20-2,12(18)19)16-11(17)6-21-10-4-8(14)3-9(15)5-10/h3-5H,6-7H2,1-2H3,(H,16,17)(H,18,19). The Kier molecular flexibility index (Phi) is 6.26. The molecule has 21 heavy (non-hydrogen) atoms. The summed E-state index contributed by atoms with van der Waals surface area (Å²) in [7, 11) is 1.35. The molecule has 6 nitrogen and oxygen atoms in total. The molecule has 1 atom stereocenters. The molecule has 0 heterocycles. The van der Waals surface area contributed by atoms with Gasteiger partial charge in [0, 0.05) is 17.2 Å². The van der Waals surface area contributed by atoms with Gasteiger partial charge in [-0.15, -0.1) is 0 Å². The minimum absolute atomic E-state index is 0.170. The van der Waals surface area contributed by atoms with Gasteiger partial charge in [0.25, 0.3) is 5.91 Å². The van der Waals surface area contributed by atoms with Gasteiger partial charge in [-0.2, -0.15) is 0 Å². The lowest BCUT2D eigenvalue weighted by molar-refractivity contribution is -0.149. The van der Waals surface area contributed by atoms with Crippen LogP contribution in [0, 0.1) is 0 Å². The Morgan fingerprint density at radius 1 is 1.29 bits per heavy atom. The van der Waals surface area contributed by atoms with E-state index in [-0.39, 0.29) is 13.2 Å². The third kappa shape index (κ3) is 5.41. The SMILES string of the molecule is COCC(C)(NC(=O)COc1cc(Cl)cc(Cl)c1)C(=O)O. The molecule has 0 saturated carbocycles. The maximum Gasteiger partial charge on any atom is 0.331 e. The lowest BCUT2D eigenvalue weighted by Gasteiger charge is -2.25. The summed E-state index contributed by atoms with van der Waals surface area (Å²) < 4.78 is 10.0. The Labute approximate surface area is 131 Å². The number of nitrogens with one attached hydrogen (secondary N) is 1. The summed E-state index contributed by atoms with van der Waals surface area (Å²) >= 11 is 11.6. The van der Waals surface area contributed by atoms with Crippen molar-refractivity contribution in [2.45, 2.75) is 12.5 Å². The van der Waals surface area contributed by atoms with Crippen LogP contribution < -0.4 is 10.1 Å². The minimum atomic E-state index is -1.53. The normalized spacial score (nSPS) is 13.3. The first-order valence-corrected chi connectivity index (χ1v) is 6.64. The zero-order valence-electron chi connectivity index (χ0n) is 11.5. The van der Waals surface area contributed by atoms with Gasteiger partial charge >= 0.3 is 5.97 Å². The Balaban J connectivity index is 2.63. The molecule has 116 valence electrons. The van der Waals surface area contributed by atoms with Crippen LogP contribution in [0.15, 0.2) is 18.2 Å². The van der Waals surface area contributed by atoms with Gasteiger partial charge in [-0.25, -0.2) is 4.79 Å². The van der Waals surface area contributed by atoms with Crippen molar-refractivity contribution in [2.24, 2.45) is 0 Å². The smallest absolute Gasteiger partial charge is 0.331 e. The summed E-state index contributed by atoms with van der Waals surface area (Å²) in [5.41, 5.74) is -1.53. The summed E-state index contributed by atoms with van der Waals surface area (Å²) in [6, 6.07) is 4.51. The molecule has 2 N–H and O–H groups in total. The molecule has 1 amide bonds. The molecule has 1 unspecified atom stereocenters. The van der Waals surface area contributed by atoms with Crippen LogP contribution in [0.3, 0.4) is 0 Å². The summed E-state index contributed by atoms with van der Waals surface area (Å²) in [6.07, 6.45) is 0. The van der Waals surface area contributed by atoms with Crippen LogP contribution in [0.2, 0.25) is 10.0 Å². The third-order valence-electron chi connectivity index (χ3n) is 2.53. The summed E-state index contributed by atoms with van der Waals surface area (Å²) in [4.78, 5) is 22.9. The fourth-order valence-electron chi connectivity index (χ4n) is 1.54. The molecular weight excluding hydrogens is 321 g/mol. The zero-order valence-corrected chi connectivity index (χ0v) is 13.0. The number of carboxylic acids is 1. The molecule has 0 aliphatic heterocycles. The number of aliphatic carboxylic acids is 1. The lowest BCUT2D eigenvalue weighted by Crippen LogP contribution is -2.56. The first-order valence-electron chi connectivity index (χ1n) is 5.89. The second kappa shape index (κ2) is 7.49. The van der Waals surface area contributed by atoms with Crippen molar-refractivity contribution >= 4 is 35.1 Å². The van der Waals surface area contributed by atoms with Crippen molar-refractivity contribution in [3.8, 4) is 5.75 Å². The van der Waals surface area contributed by atoms with Crippen molar-refractivity contribution in [1.82, 2.24) is 5.32 Å². The minimum Gasteiger partial charge on any atom is -0.484 e. The van der Waals surface area contributed by atoms with Gasteiger partial charge in [0.05, 0.1) is 6.61 Å².